The van der Waals surface area contributed by atoms with Gasteiger partial charge in [0.2, 0.25) is 0 Å². The molecule has 2 nitrogen and oxygen atoms in total. The van der Waals surface area contributed by atoms with Crippen molar-refractivity contribution in [2.24, 2.45) is 0 Å². The molecule has 0 aliphatic heterocycles. The summed E-state index contributed by atoms with van der Waals surface area (Å²) in [4.78, 5) is 0. The second-order valence-electron chi connectivity index (χ2n) is 7.21. The van der Waals surface area contributed by atoms with Gasteiger partial charge in [-0.3, -0.25) is 0 Å². The third kappa shape index (κ3) is 2.39. The minimum Gasteiger partial charge on any atom is -0.423 e. The van der Waals surface area contributed by atoms with Gasteiger partial charge in [0.05, 0.1) is 5.41 Å². The van der Waals surface area contributed by atoms with Crippen molar-refractivity contribution in [2.45, 2.75) is 5.41 Å². The summed E-state index contributed by atoms with van der Waals surface area (Å²) in [6.45, 7) is 0. The summed E-state index contributed by atoms with van der Waals surface area (Å²) < 4.78 is 0. The van der Waals surface area contributed by atoms with Gasteiger partial charge in [-0.1, -0.05) is 96.7 Å². The van der Waals surface area contributed by atoms with Gasteiger partial charge in [-0.15, -0.1) is 0 Å². The summed E-state index contributed by atoms with van der Waals surface area (Å²) in [6.07, 6.45) is 0. The van der Waals surface area contributed by atoms with Crippen LogP contribution in [0, 0.1) is 0 Å². The molecule has 0 saturated carbocycles. The summed E-state index contributed by atoms with van der Waals surface area (Å²) >= 11 is 0. The van der Waals surface area contributed by atoms with Crippen LogP contribution in [0.3, 0.4) is 0 Å². The number of fused-ring (bicyclic) bond motifs is 3. The molecule has 0 radical (unpaired) electrons. The zero-order chi connectivity index (χ0) is 19.1. The topological polar surface area (TPSA) is 40.5 Å². The lowest BCUT2D eigenvalue weighted by atomic mass is 9.70. The Balaban J connectivity index is 1.94. The normalized spacial score (nSPS) is 13.6. The van der Waals surface area contributed by atoms with Crippen LogP contribution in [0.5, 0.6) is 0 Å². The van der Waals surface area contributed by atoms with Crippen molar-refractivity contribution in [1.82, 2.24) is 0 Å². The Labute approximate surface area is 167 Å². The summed E-state index contributed by atoms with van der Waals surface area (Å²) in [7, 11) is -1.67. The van der Waals surface area contributed by atoms with Gasteiger partial charge in [-0.2, -0.15) is 0 Å². The Morgan fingerprint density at radius 1 is 0.679 bits per heavy atom. The molecule has 4 heteroatoms. The first-order valence-electron chi connectivity index (χ1n) is 9.44. The quantitative estimate of drug-likeness (QED) is 0.474. The lowest BCUT2D eigenvalue weighted by molar-refractivity contribution is 0.426. The minimum atomic E-state index is -1.43. The van der Waals surface area contributed by atoms with E-state index in [0.717, 1.165) is 5.56 Å². The maximum absolute atomic E-state index is 9.76. The first kappa shape index (κ1) is 17.3. The largest absolute Gasteiger partial charge is 0.488 e. The summed E-state index contributed by atoms with van der Waals surface area (Å²) in [5.74, 6) is 0. The van der Waals surface area contributed by atoms with Crippen LogP contribution in [0.2, 0.25) is 0 Å². The molecule has 0 fully saturated rings. The van der Waals surface area contributed by atoms with Crippen LogP contribution in [0.25, 0.3) is 11.1 Å². The Morgan fingerprint density at radius 3 is 1.86 bits per heavy atom. The van der Waals surface area contributed by atoms with E-state index >= 15 is 0 Å². The first-order valence-corrected chi connectivity index (χ1v) is 10.7. The molecule has 0 saturated heterocycles. The minimum absolute atomic E-state index is 0.234. The van der Waals surface area contributed by atoms with Crippen molar-refractivity contribution in [2.75, 3.05) is 0 Å². The molecule has 134 valence electrons. The fourth-order valence-electron chi connectivity index (χ4n) is 4.63. The molecule has 2 N–H and O–H groups in total. The zero-order valence-electron chi connectivity index (χ0n) is 15.3. The molecule has 0 unspecified atom stereocenters. The third-order valence-corrected chi connectivity index (χ3v) is 7.41. The molecule has 28 heavy (non-hydrogen) atoms. The molecule has 0 amide bonds. The van der Waals surface area contributed by atoms with Gasteiger partial charge < -0.3 is 10.0 Å². The van der Waals surface area contributed by atoms with Crippen LogP contribution in [-0.2, 0) is 5.41 Å². The molecule has 1 aliphatic rings. The van der Waals surface area contributed by atoms with Gasteiger partial charge in [0.25, 0.3) is 0 Å². The lowest BCUT2D eigenvalue weighted by Gasteiger charge is -2.34. The Bertz CT molecular complexity index is 1100. The standard InChI is InChI=1S/C24H19BO2Si/c26-25(27)19-15-21-20-13-7-8-14-22(20)24(23(21)28-16-19,17-9-3-1-4-10-17)18-11-5-2-6-12-18/h1-16,26-28H. The van der Waals surface area contributed by atoms with E-state index in [-0.39, 0.29) is 14.5 Å². The highest BCUT2D eigenvalue weighted by atomic mass is 28.2. The predicted octanol–water partition coefficient (Wildman–Crippen LogP) is 2.80. The highest BCUT2D eigenvalue weighted by Crippen LogP contribution is 2.54. The molecule has 1 heterocycles. The molecule has 0 bridgehead atoms. The molecular formula is C24H19BO2Si. The molecular weight excluding hydrogens is 359 g/mol. The van der Waals surface area contributed by atoms with Gasteiger partial charge >= 0.3 is 7.12 Å². The molecule has 1 aliphatic carbocycles. The van der Waals surface area contributed by atoms with Gasteiger partial charge in [0.15, 0.2) is 0 Å². The third-order valence-electron chi connectivity index (χ3n) is 5.78. The first-order chi connectivity index (χ1) is 13.7. The number of hydrogen-bond donors (Lipinski definition) is 2. The van der Waals surface area contributed by atoms with E-state index in [4.69, 9.17) is 0 Å². The monoisotopic (exact) mass is 378 g/mol. The van der Waals surface area contributed by atoms with E-state index < -0.39 is 7.12 Å². The van der Waals surface area contributed by atoms with E-state index in [1.165, 1.54) is 27.4 Å². The van der Waals surface area contributed by atoms with Crippen LogP contribution < -0.4 is 5.46 Å². The number of hydrogen-bond acceptors (Lipinski definition) is 2. The Hall–Kier alpha value is -2.79. The van der Waals surface area contributed by atoms with Crippen molar-refractivity contribution in [1.29, 1.82) is 0 Å². The molecule has 1 aromatic heterocycles. The Kier molecular flexibility index (Phi) is 4.13. The molecule has 3 aromatic carbocycles. The summed E-state index contributed by atoms with van der Waals surface area (Å²) in [6, 6.07) is 31.8. The molecule has 0 atom stereocenters. The molecule has 0 spiro atoms. The van der Waals surface area contributed by atoms with Crippen molar-refractivity contribution in [3.8, 4) is 11.1 Å². The van der Waals surface area contributed by atoms with Crippen LogP contribution >= 0.6 is 0 Å². The van der Waals surface area contributed by atoms with Crippen molar-refractivity contribution >= 4 is 21.7 Å². The highest BCUT2D eigenvalue weighted by molar-refractivity contribution is 6.61. The van der Waals surface area contributed by atoms with Gasteiger partial charge in [0.1, 0.15) is 0 Å². The average Bonchev–Trinajstić information content (AvgIpc) is 3.06. The average molecular weight is 378 g/mol. The number of benzene rings is 3. The van der Waals surface area contributed by atoms with Crippen LogP contribution in [-0.4, -0.2) is 26.3 Å². The van der Waals surface area contributed by atoms with E-state index in [1.54, 1.807) is 0 Å². The number of rotatable bonds is 3. The van der Waals surface area contributed by atoms with Crippen LogP contribution in [0.1, 0.15) is 21.9 Å². The SMILES string of the molecule is OB(O)c1c[siH]c2c(c1)-c1ccccc1C2(c1ccccc1)c1ccccc1. The predicted molar refractivity (Wildman–Crippen MR) is 116 cm³/mol. The van der Waals surface area contributed by atoms with E-state index in [1.807, 2.05) is 11.7 Å². The maximum Gasteiger partial charge on any atom is 0.488 e. The van der Waals surface area contributed by atoms with Gasteiger partial charge in [0, 0.05) is 9.12 Å². The fraction of sp³-hybridized carbons (Fsp3) is 0.0417. The second kappa shape index (κ2) is 6.67. The van der Waals surface area contributed by atoms with Crippen molar-refractivity contribution < 1.29 is 10.0 Å². The molecule has 4 aromatic rings. The van der Waals surface area contributed by atoms with Gasteiger partial charge in [-0.05, 0) is 38.5 Å². The van der Waals surface area contributed by atoms with Gasteiger partial charge in [-0.25, -0.2) is 0 Å². The van der Waals surface area contributed by atoms with Crippen LogP contribution in [0.15, 0.2) is 96.7 Å². The summed E-state index contributed by atoms with van der Waals surface area (Å²) in [5, 5.41) is 20.9. The fourth-order valence-corrected chi connectivity index (χ4v) is 6.41. The van der Waals surface area contributed by atoms with Crippen molar-refractivity contribution in [3.05, 3.63) is 119 Å². The Morgan fingerprint density at radius 2 is 1.25 bits per heavy atom. The second-order valence-corrected chi connectivity index (χ2v) is 8.45. The zero-order valence-corrected chi connectivity index (χ0v) is 16.4. The van der Waals surface area contributed by atoms with E-state index in [2.05, 4.69) is 84.9 Å². The molecule has 5 rings (SSSR count). The van der Waals surface area contributed by atoms with E-state index in [0.29, 0.717) is 5.46 Å². The van der Waals surface area contributed by atoms with Crippen LogP contribution in [0.4, 0.5) is 0 Å². The van der Waals surface area contributed by atoms with E-state index in [9.17, 15) is 10.0 Å². The van der Waals surface area contributed by atoms with Crippen molar-refractivity contribution in [3.63, 3.8) is 0 Å². The summed E-state index contributed by atoms with van der Waals surface area (Å²) in [5.41, 5.74) is 8.37. The lowest BCUT2D eigenvalue weighted by Crippen LogP contribution is -2.33. The maximum atomic E-state index is 9.76. The smallest absolute Gasteiger partial charge is 0.423 e. The highest BCUT2D eigenvalue weighted by Gasteiger charge is 2.45.